The molecule has 0 aliphatic heterocycles. The molecule has 1 amide bonds. The third-order valence-corrected chi connectivity index (χ3v) is 5.79. The first kappa shape index (κ1) is 17.8. The molecule has 1 fully saturated rings. The lowest BCUT2D eigenvalue weighted by molar-refractivity contribution is -0.141. The number of carboxylic acid groups (broad SMARTS) is 1. The predicted molar refractivity (Wildman–Crippen MR) is 101 cm³/mol. The molecule has 0 spiro atoms. The molecule has 1 heterocycles. The lowest BCUT2D eigenvalue weighted by Crippen LogP contribution is -2.34. The van der Waals surface area contributed by atoms with Gasteiger partial charge in [-0.05, 0) is 64.0 Å². The first-order valence-corrected chi connectivity index (χ1v) is 9.74. The Morgan fingerprint density at radius 2 is 1.89 bits per heavy atom. The Hall–Kier alpha value is -2.63. The van der Waals surface area contributed by atoms with Crippen LogP contribution in [0.5, 0.6) is 0 Å². The lowest BCUT2D eigenvalue weighted by Gasteiger charge is -2.15. The molecule has 2 atom stereocenters. The SMILES string of the molecule is Cc1ccc(-n2nc(C(=O)N[C@@H]3CC[C@H](C(=O)O)C3)c3c2CCCC3)cc1. The van der Waals surface area contributed by atoms with Crippen molar-refractivity contribution in [1.29, 1.82) is 0 Å². The number of nitrogens with one attached hydrogen (secondary N) is 1. The molecule has 4 rings (SSSR count). The number of nitrogens with zero attached hydrogens (tertiary/aromatic N) is 2. The molecule has 6 heteroatoms. The molecular weight excluding hydrogens is 342 g/mol. The second-order valence-corrected chi connectivity index (χ2v) is 7.75. The van der Waals surface area contributed by atoms with Gasteiger partial charge in [0.25, 0.3) is 5.91 Å². The van der Waals surface area contributed by atoms with E-state index >= 15 is 0 Å². The number of aryl methyl sites for hydroxylation is 1. The van der Waals surface area contributed by atoms with Crippen molar-refractivity contribution >= 4 is 11.9 Å². The Labute approximate surface area is 158 Å². The minimum absolute atomic E-state index is 0.0811. The van der Waals surface area contributed by atoms with Crippen LogP contribution in [0, 0.1) is 12.8 Å². The van der Waals surface area contributed by atoms with Crippen molar-refractivity contribution < 1.29 is 14.7 Å². The number of carbonyl (C=O) groups excluding carboxylic acids is 1. The predicted octanol–water partition coefficient (Wildman–Crippen LogP) is 3.04. The molecule has 27 heavy (non-hydrogen) atoms. The maximum atomic E-state index is 12.9. The van der Waals surface area contributed by atoms with Crippen molar-refractivity contribution in [2.24, 2.45) is 5.92 Å². The van der Waals surface area contributed by atoms with Crippen LogP contribution in [0.15, 0.2) is 24.3 Å². The highest BCUT2D eigenvalue weighted by molar-refractivity contribution is 5.94. The van der Waals surface area contributed by atoms with Crippen LogP contribution in [0.1, 0.15) is 59.4 Å². The number of aromatic nitrogens is 2. The molecule has 0 saturated heterocycles. The molecule has 2 N–H and O–H groups in total. The Morgan fingerprint density at radius 1 is 1.15 bits per heavy atom. The number of rotatable bonds is 4. The van der Waals surface area contributed by atoms with Gasteiger partial charge in [0.2, 0.25) is 0 Å². The topological polar surface area (TPSA) is 84.2 Å². The summed E-state index contributed by atoms with van der Waals surface area (Å²) in [6.45, 7) is 2.05. The summed E-state index contributed by atoms with van der Waals surface area (Å²) in [5.74, 6) is -1.29. The summed E-state index contributed by atoms with van der Waals surface area (Å²) in [4.78, 5) is 24.1. The number of aliphatic carboxylic acids is 1. The van der Waals surface area contributed by atoms with E-state index in [-0.39, 0.29) is 17.9 Å². The van der Waals surface area contributed by atoms with Crippen LogP contribution < -0.4 is 5.32 Å². The van der Waals surface area contributed by atoms with Gasteiger partial charge in [0, 0.05) is 17.3 Å². The van der Waals surface area contributed by atoms with E-state index in [0.29, 0.717) is 25.0 Å². The van der Waals surface area contributed by atoms with Crippen LogP contribution in [0.3, 0.4) is 0 Å². The minimum atomic E-state index is -0.771. The molecular formula is C21H25N3O3. The van der Waals surface area contributed by atoms with Gasteiger partial charge in [-0.3, -0.25) is 9.59 Å². The van der Waals surface area contributed by atoms with Gasteiger partial charge in [-0.15, -0.1) is 0 Å². The highest BCUT2D eigenvalue weighted by atomic mass is 16.4. The number of amides is 1. The second-order valence-electron chi connectivity index (χ2n) is 7.75. The molecule has 1 aromatic heterocycles. The highest BCUT2D eigenvalue weighted by Crippen LogP contribution is 2.29. The van der Waals surface area contributed by atoms with Crippen molar-refractivity contribution in [2.75, 3.05) is 0 Å². The molecule has 6 nitrogen and oxygen atoms in total. The van der Waals surface area contributed by atoms with Gasteiger partial charge in [-0.25, -0.2) is 4.68 Å². The number of carboxylic acids is 1. The fraction of sp³-hybridized carbons (Fsp3) is 0.476. The lowest BCUT2D eigenvalue weighted by atomic mass is 9.95. The van der Waals surface area contributed by atoms with Crippen LogP contribution in [0.25, 0.3) is 5.69 Å². The third kappa shape index (κ3) is 3.48. The minimum Gasteiger partial charge on any atom is -0.481 e. The van der Waals surface area contributed by atoms with E-state index in [1.54, 1.807) is 0 Å². The first-order valence-electron chi connectivity index (χ1n) is 9.74. The summed E-state index contributed by atoms with van der Waals surface area (Å²) in [6, 6.07) is 8.09. The Kier molecular flexibility index (Phi) is 4.72. The van der Waals surface area contributed by atoms with Gasteiger partial charge < -0.3 is 10.4 Å². The number of hydrogen-bond donors (Lipinski definition) is 2. The molecule has 2 aliphatic rings. The van der Waals surface area contributed by atoms with Crippen LogP contribution >= 0.6 is 0 Å². The Balaban J connectivity index is 1.60. The summed E-state index contributed by atoms with van der Waals surface area (Å²) >= 11 is 0. The van der Waals surface area contributed by atoms with Crippen LogP contribution in [0.4, 0.5) is 0 Å². The van der Waals surface area contributed by atoms with E-state index < -0.39 is 5.97 Å². The maximum Gasteiger partial charge on any atom is 0.306 e. The summed E-state index contributed by atoms with van der Waals surface area (Å²) in [7, 11) is 0. The van der Waals surface area contributed by atoms with Crippen LogP contribution in [0.2, 0.25) is 0 Å². The molecule has 2 aromatic rings. The maximum absolute atomic E-state index is 12.9. The largest absolute Gasteiger partial charge is 0.481 e. The van der Waals surface area contributed by atoms with Gasteiger partial charge in [-0.1, -0.05) is 17.7 Å². The first-order chi connectivity index (χ1) is 13.0. The normalized spacial score (nSPS) is 21.7. The molecule has 2 aliphatic carbocycles. The van der Waals surface area contributed by atoms with Gasteiger partial charge in [0.1, 0.15) is 0 Å². The molecule has 1 aromatic carbocycles. The number of fused-ring (bicyclic) bond motifs is 1. The second kappa shape index (κ2) is 7.18. The zero-order valence-electron chi connectivity index (χ0n) is 15.6. The van der Waals surface area contributed by atoms with Gasteiger partial charge in [0.15, 0.2) is 5.69 Å². The van der Waals surface area contributed by atoms with Crippen LogP contribution in [-0.4, -0.2) is 32.8 Å². The van der Waals surface area contributed by atoms with Crippen molar-refractivity contribution in [3.8, 4) is 5.69 Å². The molecule has 0 bridgehead atoms. The summed E-state index contributed by atoms with van der Waals surface area (Å²) in [5.41, 5.74) is 4.85. The fourth-order valence-electron chi connectivity index (χ4n) is 4.27. The quantitative estimate of drug-likeness (QED) is 0.870. The third-order valence-electron chi connectivity index (χ3n) is 5.79. The van der Waals surface area contributed by atoms with E-state index in [4.69, 9.17) is 5.11 Å². The highest BCUT2D eigenvalue weighted by Gasteiger charge is 2.32. The monoisotopic (exact) mass is 367 g/mol. The smallest absolute Gasteiger partial charge is 0.306 e. The standard InChI is InChI=1S/C21H25N3O3/c1-13-6-10-16(11-7-13)24-18-5-3-2-4-17(18)19(23-24)20(25)22-15-9-8-14(12-15)21(26)27/h6-7,10-11,14-15H,2-5,8-9,12H2,1H3,(H,22,25)(H,26,27)/t14-,15+/m0/s1. The van der Waals surface area contributed by atoms with Crippen molar-refractivity contribution in [2.45, 2.75) is 57.9 Å². The van der Waals surface area contributed by atoms with E-state index in [9.17, 15) is 9.59 Å². The summed E-state index contributed by atoms with van der Waals surface area (Å²) < 4.78 is 1.91. The Morgan fingerprint density at radius 3 is 2.59 bits per heavy atom. The average molecular weight is 367 g/mol. The van der Waals surface area contributed by atoms with E-state index in [1.165, 1.54) is 5.56 Å². The van der Waals surface area contributed by atoms with Crippen LogP contribution in [-0.2, 0) is 17.6 Å². The number of hydrogen-bond acceptors (Lipinski definition) is 3. The molecule has 1 saturated carbocycles. The zero-order chi connectivity index (χ0) is 19.0. The molecule has 0 unspecified atom stereocenters. The fourth-order valence-corrected chi connectivity index (χ4v) is 4.27. The summed E-state index contributed by atoms with van der Waals surface area (Å²) in [6.07, 6.45) is 5.80. The average Bonchev–Trinajstić information content (AvgIpc) is 3.27. The molecule has 142 valence electrons. The number of carbonyl (C=O) groups is 2. The number of benzene rings is 1. The van der Waals surface area contributed by atoms with E-state index in [1.807, 2.05) is 23.7 Å². The van der Waals surface area contributed by atoms with Gasteiger partial charge >= 0.3 is 5.97 Å². The van der Waals surface area contributed by atoms with E-state index in [0.717, 1.165) is 42.6 Å². The summed E-state index contributed by atoms with van der Waals surface area (Å²) in [5, 5.41) is 16.9. The van der Waals surface area contributed by atoms with Crippen molar-refractivity contribution in [3.63, 3.8) is 0 Å². The Bertz CT molecular complexity index is 870. The van der Waals surface area contributed by atoms with Gasteiger partial charge in [-0.2, -0.15) is 5.10 Å². The zero-order valence-corrected chi connectivity index (χ0v) is 15.6. The van der Waals surface area contributed by atoms with Crippen molar-refractivity contribution in [1.82, 2.24) is 15.1 Å². The van der Waals surface area contributed by atoms with Gasteiger partial charge in [0.05, 0.1) is 11.6 Å². The molecule has 0 radical (unpaired) electrons. The van der Waals surface area contributed by atoms with Crippen molar-refractivity contribution in [3.05, 3.63) is 46.8 Å². The van der Waals surface area contributed by atoms with E-state index in [2.05, 4.69) is 22.5 Å².